The molecule has 1 nitrogen and oxygen atoms in total. The van der Waals surface area contributed by atoms with Crippen LogP contribution in [0.2, 0.25) is 0 Å². The zero-order valence-electron chi connectivity index (χ0n) is 17.0. The van der Waals surface area contributed by atoms with E-state index in [9.17, 15) is 0 Å². The fraction of sp³-hybridized carbons (Fsp3) is 0.360. The maximum Gasteiger partial charge on any atom is 0.0373 e. The van der Waals surface area contributed by atoms with Crippen LogP contribution in [0.3, 0.4) is 0 Å². The minimum Gasteiger partial charge on any atom is -0.384 e. The molecule has 0 radical (unpaired) electrons. The Kier molecular flexibility index (Phi) is 9.95. The molecule has 2 aromatic rings. The maximum absolute atomic E-state index is 5.36. The minimum absolute atomic E-state index is 0.471. The van der Waals surface area contributed by atoms with Crippen LogP contribution in [0, 0.1) is 12.3 Å². The van der Waals surface area contributed by atoms with E-state index in [0.29, 0.717) is 5.92 Å². The number of terminal acetylenes is 1. The molecule has 0 saturated carbocycles. The molecule has 0 spiro atoms. The van der Waals surface area contributed by atoms with Crippen molar-refractivity contribution >= 4 is 5.70 Å². The summed E-state index contributed by atoms with van der Waals surface area (Å²) < 4.78 is 0. The molecular formula is C25H33N. The molecule has 2 rings (SSSR count). The second-order valence-corrected chi connectivity index (χ2v) is 6.61. The van der Waals surface area contributed by atoms with Gasteiger partial charge in [0.05, 0.1) is 0 Å². The van der Waals surface area contributed by atoms with E-state index in [1.165, 1.54) is 28.7 Å². The monoisotopic (exact) mass is 347 g/mol. The first kappa shape index (κ1) is 21.6. The van der Waals surface area contributed by atoms with Crippen molar-refractivity contribution in [1.82, 2.24) is 5.32 Å². The van der Waals surface area contributed by atoms with Gasteiger partial charge in [-0.05, 0) is 35.6 Å². The lowest BCUT2D eigenvalue weighted by Gasteiger charge is -2.18. The van der Waals surface area contributed by atoms with Crippen molar-refractivity contribution in [3.63, 3.8) is 0 Å². The Morgan fingerprint density at radius 1 is 1.08 bits per heavy atom. The highest BCUT2D eigenvalue weighted by atomic mass is 14.9. The van der Waals surface area contributed by atoms with E-state index in [-0.39, 0.29) is 0 Å². The summed E-state index contributed by atoms with van der Waals surface area (Å²) in [5, 5.41) is 3.48. The zero-order chi connectivity index (χ0) is 19.4. The summed E-state index contributed by atoms with van der Waals surface area (Å²) in [7, 11) is 0. The SMILES string of the molecule is C#CCCN/C(=C\C)c1cc(-c2ccccc2)ccc1C(C)C.CCC. The molecule has 2 aromatic carbocycles. The summed E-state index contributed by atoms with van der Waals surface area (Å²) in [6.45, 7) is 11.6. The fourth-order valence-electron chi connectivity index (χ4n) is 2.73. The van der Waals surface area contributed by atoms with E-state index in [2.05, 4.69) is 94.4 Å². The predicted molar refractivity (Wildman–Crippen MR) is 117 cm³/mol. The molecule has 0 aliphatic carbocycles. The van der Waals surface area contributed by atoms with Crippen molar-refractivity contribution < 1.29 is 0 Å². The lowest BCUT2D eigenvalue weighted by atomic mass is 9.91. The molecule has 0 unspecified atom stereocenters. The van der Waals surface area contributed by atoms with Gasteiger partial charge in [-0.2, -0.15) is 0 Å². The standard InChI is InChI=1S/C22H25N.C3H8/c1-5-7-15-23-22(6-2)21-16-19(13-14-20(21)17(3)4)18-11-9-8-10-12-18;1-3-2/h1,6,8-14,16-17,23H,7,15H2,2-4H3;3H2,1-2H3/b22-6-;. The Labute approximate surface area is 160 Å². The molecule has 0 bridgehead atoms. The van der Waals surface area contributed by atoms with Gasteiger partial charge in [-0.1, -0.05) is 82.7 Å². The second-order valence-electron chi connectivity index (χ2n) is 6.61. The van der Waals surface area contributed by atoms with Crippen LogP contribution in [0.25, 0.3) is 16.8 Å². The first-order chi connectivity index (χ1) is 12.6. The van der Waals surface area contributed by atoms with E-state index in [1.807, 2.05) is 6.07 Å². The molecule has 0 amide bonds. The van der Waals surface area contributed by atoms with Crippen LogP contribution >= 0.6 is 0 Å². The molecule has 0 fully saturated rings. The molecule has 0 atom stereocenters. The average Bonchev–Trinajstić information content (AvgIpc) is 2.66. The summed E-state index contributed by atoms with van der Waals surface area (Å²) in [6.07, 6.45) is 9.47. The number of hydrogen-bond donors (Lipinski definition) is 1. The van der Waals surface area contributed by atoms with E-state index in [1.54, 1.807) is 0 Å². The predicted octanol–water partition coefficient (Wildman–Crippen LogP) is 6.87. The summed E-state index contributed by atoms with van der Waals surface area (Å²) in [6, 6.07) is 17.2. The molecule has 0 heterocycles. The van der Waals surface area contributed by atoms with Gasteiger partial charge in [0, 0.05) is 24.2 Å². The highest BCUT2D eigenvalue weighted by Gasteiger charge is 2.12. The Bertz CT molecular complexity index is 718. The Morgan fingerprint density at radius 3 is 2.27 bits per heavy atom. The lowest BCUT2D eigenvalue weighted by Crippen LogP contribution is -2.15. The first-order valence-electron chi connectivity index (χ1n) is 9.62. The van der Waals surface area contributed by atoms with Crippen LogP contribution in [-0.4, -0.2) is 6.54 Å². The average molecular weight is 348 g/mol. The molecule has 0 aliphatic heterocycles. The third kappa shape index (κ3) is 6.45. The molecule has 1 N–H and O–H groups in total. The Hall–Kier alpha value is -2.46. The Morgan fingerprint density at radius 2 is 1.73 bits per heavy atom. The number of allylic oxidation sites excluding steroid dienone is 1. The number of benzene rings is 2. The summed E-state index contributed by atoms with van der Waals surface area (Å²) >= 11 is 0. The van der Waals surface area contributed by atoms with Crippen LogP contribution in [0.1, 0.15) is 64.5 Å². The molecule has 0 aromatic heterocycles. The molecular weight excluding hydrogens is 314 g/mol. The van der Waals surface area contributed by atoms with Crippen LogP contribution in [0.5, 0.6) is 0 Å². The smallest absolute Gasteiger partial charge is 0.0373 e. The van der Waals surface area contributed by atoms with Gasteiger partial charge >= 0.3 is 0 Å². The van der Waals surface area contributed by atoms with E-state index >= 15 is 0 Å². The third-order valence-corrected chi connectivity index (χ3v) is 3.95. The zero-order valence-corrected chi connectivity index (χ0v) is 17.0. The number of nitrogens with one attached hydrogen (secondary N) is 1. The largest absolute Gasteiger partial charge is 0.384 e. The normalized spacial score (nSPS) is 10.7. The molecule has 0 saturated heterocycles. The first-order valence-corrected chi connectivity index (χ1v) is 9.62. The molecule has 1 heteroatoms. The fourth-order valence-corrected chi connectivity index (χ4v) is 2.73. The van der Waals surface area contributed by atoms with Crippen molar-refractivity contribution in [3.8, 4) is 23.5 Å². The van der Waals surface area contributed by atoms with Crippen molar-refractivity contribution in [2.24, 2.45) is 0 Å². The highest BCUT2D eigenvalue weighted by molar-refractivity contribution is 5.74. The van der Waals surface area contributed by atoms with Gasteiger partial charge in [0.2, 0.25) is 0 Å². The van der Waals surface area contributed by atoms with Crippen LogP contribution in [0.4, 0.5) is 0 Å². The van der Waals surface area contributed by atoms with Crippen molar-refractivity contribution in [2.45, 2.75) is 53.4 Å². The van der Waals surface area contributed by atoms with Gasteiger partial charge in [-0.3, -0.25) is 0 Å². The second kappa shape index (κ2) is 12.0. The van der Waals surface area contributed by atoms with Crippen molar-refractivity contribution in [3.05, 3.63) is 65.7 Å². The van der Waals surface area contributed by atoms with Crippen LogP contribution in [0.15, 0.2) is 54.6 Å². The summed E-state index contributed by atoms with van der Waals surface area (Å²) in [5.41, 5.74) is 6.25. The maximum atomic E-state index is 5.36. The molecule has 26 heavy (non-hydrogen) atoms. The van der Waals surface area contributed by atoms with Crippen LogP contribution < -0.4 is 5.32 Å². The topological polar surface area (TPSA) is 12.0 Å². The van der Waals surface area contributed by atoms with Crippen LogP contribution in [-0.2, 0) is 0 Å². The summed E-state index contributed by atoms with van der Waals surface area (Å²) in [5.74, 6) is 3.15. The van der Waals surface area contributed by atoms with E-state index in [4.69, 9.17) is 6.42 Å². The van der Waals surface area contributed by atoms with Gasteiger partial charge in [0.25, 0.3) is 0 Å². The Balaban J connectivity index is 0.00000105. The quantitative estimate of drug-likeness (QED) is 0.444. The van der Waals surface area contributed by atoms with Gasteiger partial charge in [-0.25, -0.2) is 0 Å². The molecule has 138 valence electrons. The highest BCUT2D eigenvalue weighted by Crippen LogP contribution is 2.30. The van der Waals surface area contributed by atoms with Gasteiger partial charge in [0.1, 0.15) is 0 Å². The van der Waals surface area contributed by atoms with Gasteiger partial charge in [-0.15, -0.1) is 12.3 Å². The number of hydrogen-bond acceptors (Lipinski definition) is 1. The summed E-state index contributed by atoms with van der Waals surface area (Å²) in [4.78, 5) is 0. The van der Waals surface area contributed by atoms with Gasteiger partial charge < -0.3 is 5.32 Å². The third-order valence-electron chi connectivity index (χ3n) is 3.95. The minimum atomic E-state index is 0.471. The van der Waals surface area contributed by atoms with Gasteiger partial charge in [0.15, 0.2) is 0 Å². The molecule has 0 aliphatic rings. The van der Waals surface area contributed by atoms with Crippen molar-refractivity contribution in [1.29, 1.82) is 0 Å². The van der Waals surface area contributed by atoms with Crippen molar-refractivity contribution in [2.75, 3.05) is 6.54 Å². The van der Waals surface area contributed by atoms with E-state index < -0.39 is 0 Å². The van der Waals surface area contributed by atoms with E-state index in [0.717, 1.165) is 18.7 Å². The lowest BCUT2D eigenvalue weighted by molar-refractivity contribution is 0.845. The number of rotatable bonds is 6.